The van der Waals surface area contributed by atoms with Gasteiger partial charge in [-0.05, 0) is 0 Å². The van der Waals surface area contributed by atoms with Crippen molar-refractivity contribution in [1.29, 1.82) is 0 Å². The van der Waals surface area contributed by atoms with Crippen LogP contribution in [0.3, 0.4) is 0 Å². The summed E-state index contributed by atoms with van der Waals surface area (Å²) in [6.45, 7) is 0. The molecule has 1 aromatic heterocycles. The Morgan fingerprint density at radius 3 is 2.56 bits per heavy atom. The number of hydrogen-bond acceptors (Lipinski definition) is 2. The van der Waals surface area contributed by atoms with Crippen molar-refractivity contribution in [1.82, 2.24) is 0 Å². The molecule has 18 heavy (non-hydrogen) atoms. The van der Waals surface area contributed by atoms with Crippen LogP contribution in [0.25, 0.3) is 0 Å². The molecule has 2 rings (SSSR count). The minimum atomic E-state index is -4.39. The SMILES string of the molecule is FC(F)(F)c1cccc(O[C](=[Cr])c2ccco2)c1. The molecule has 2 nitrogen and oxygen atoms in total. The van der Waals surface area contributed by atoms with Gasteiger partial charge in [0, 0.05) is 0 Å². The molecule has 0 saturated carbocycles. The molecule has 2 aromatic rings. The van der Waals surface area contributed by atoms with E-state index in [0.717, 1.165) is 12.1 Å². The predicted octanol–water partition coefficient (Wildman–Crippen LogP) is 3.40. The van der Waals surface area contributed by atoms with Crippen LogP contribution in [0.15, 0.2) is 47.1 Å². The molecule has 94 valence electrons. The molecule has 0 fully saturated rings. The van der Waals surface area contributed by atoms with Crippen LogP contribution in [0.2, 0.25) is 0 Å². The van der Waals surface area contributed by atoms with Gasteiger partial charge in [-0.1, -0.05) is 0 Å². The average molecular weight is 292 g/mol. The molecule has 6 heteroatoms. The van der Waals surface area contributed by atoms with Gasteiger partial charge in [0.05, 0.1) is 0 Å². The van der Waals surface area contributed by atoms with Gasteiger partial charge in [0.25, 0.3) is 0 Å². The van der Waals surface area contributed by atoms with E-state index < -0.39 is 11.7 Å². The first-order valence-corrected chi connectivity index (χ1v) is 5.53. The summed E-state index contributed by atoms with van der Waals surface area (Å²) in [5.74, 6) is 0.516. The first-order valence-electron chi connectivity index (χ1n) is 4.90. The minimum absolute atomic E-state index is 0.0926. The first kappa shape index (κ1) is 12.9. The van der Waals surface area contributed by atoms with Gasteiger partial charge in [0.2, 0.25) is 0 Å². The van der Waals surface area contributed by atoms with E-state index in [1.54, 1.807) is 12.1 Å². The van der Waals surface area contributed by atoms with Gasteiger partial charge in [-0.25, -0.2) is 0 Å². The summed E-state index contributed by atoms with van der Waals surface area (Å²) in [7, 11) is 0. The number of benzene rings is 1. The van der Waals surface area contributed by atoms with Gasteiger partial charge >= 0.3 is 109 Å². The number of furan rings is 1. The van der Waals surface area contributed by atoms with Gasteiger partial charge in [0.1, 0.15) is 0 Å². The van der Waals surface area contributed by atoms with Crippen molar-refractivity contribution in [2.24, 2.45) is 0 Å². The van der Waals surface area contributed by atoms with Crippen LogP contribution in [0.4, 0.5) is 13.2 Å². The summed E-state index contributed by atoms with van der Waals surface area (Å²) in [5.41, 5.74) is -0.757. The molecule has 0 saturated heterocycles. The topological polar surface area (TPSA) is 22.4 Å². The summed E-state index contributed by atoms with van der Waals surface area (Å²) >= 11 is 2.61. The molecule has 0 N–H and O–H groups in total. The second-order valence-corrected chi connectivity index (χ2v) is 3.97. The number of rotatable bonds is 3. The second-order valence-electron chi connectivity index (χ2n) is 3.39. The van der Waals surface area contributed by atoms with Crippen molar-refractivity contribution in [3.63, 3.8) is 0 Å². The van der Waals surface area contributed by atoms with E-state index in [1.165, 1.54) is 18.4 Å². The molecule has 1 heterocycles. The van der Waals surface area contributed by atoms with Crippen LogP contribution in [-0.2, 0) is 22.0 Å². The normalized spacial score (nSPS) is 11.3. The molecule has 0 atom stereocenters. The Bertz CT molecular complexity index is 547. The molecule has 0 aliphatic heterocycles. The fraction of sp³-hybridized carbons (Fsp3) is 0.0833. The van der Waals surface area contributed by atoms with E-state index >= 15 is 0 Å². The molecule has 0 aliphatic rings. The maximum absolute atomic E-state index is 12.5. The van der Waals surface area contributed by atoms with Crippen molar-refractivity contribution < 1.29 is 38.2 Å². The van der Waals surface area contributed by atoms with Gasteiger partial charge in [0.15, 0.2) is 0 Å². The van der Waals surface area contributed by atoms with Crippen molar-refractivity contribution in [2.45, 2.75) is 6.18 Å². The third-order valence-electron chi connectivity index (χ3n) is 2.09. The molecule has 0 bridgehead atoms. The zero-order valence-electron chi connectivity index (χ0n) is 8.90. The Balaban J connectivity index is 2.18. The van der Waals surface area contributed by atoms with E-state index in [-0.39, 0.29) is 10.3 Å². The van der Waals surface area contributed by atoms with E-state index in [0.29, 0.717) is 5.76 Å². The van der Waals surface area contributed by atoms with Crippen LogP contribution >= 0.6 is 0 Å². The quantitative estimate of drug-likeness (QED) is 0.865. The predicted molar refractivity (Wildman–Crippen MR) is 54.9 cm³/mol. The number of alkyl halides is 3. The molecule has 1 aromatic carbocycles. The number of hydrogen-bond donors (Lipinski definition) is 0. The Hall–Kier alpha value is -1.51. The maximum atomic E-state index is 12.5. The molecule has 0 amide bonds. The molecule has 0 spiro atoms. The Morgan fingerprint density at radius 2 is 1.94 bits per heavy atom. The van der Waals surface area contributed by atoms with Crippen molar-refractivity contribution in [2.75, 3.05) is 0 Å². The summed E-state index contributed by atoms with van der Waals surface area (Å²) in [4.78, 5) is 0. The molecular weight excluding hydrogens is 285 g/mol. The van der Waals surface area contributed by atoms with E-state index in [4.69, 9.17) is 9.15 Å². The number of halogens is 3. The van der Waals surface area contributed by atoms with Crippen molar-refractivity contribution in [3.05, 3.63) is 54.0 Å². The summed E-state index contributed by atoms with van der Waals surface area (Å²) in [6, 6.07) is 7.93. The van der Waals surface area contributed by atoms with Crippen LogP contribution < -0.4 is 4.74 Å². The van der Waals surface area contributed by atoms with Crippen LogP contribution in [0.1, 0.15) is 11.3 Å². The van der Waals surface area contributed by atoms with E-state index in [2.05, 4.69) is 15.9 Å². The van der Waals surface area contributed by atoms with Crippen LogP contribution in [0.5, 0.6) is 5.75 Å². The molecule has 0 unspecified atom stereocenters. The molecule has 0 radical (unpaired) electrons. The molecular formula is C12H7CrF3O2. The average Bonchev–Trinajstić information content (AvgIpc) is 2.81. The fourth-order valence-corrected chi connectivity index (χ4v) is 1.62. The standard InChI is InChI=1S/C12H7F3O2.Cr/c13-12(14,15)9-3-1-4-10(7-9)17-8-11-5-2-6-16-11;/h1-7H;. The third kappa shape index (κ3) is 3.03. The monoisotopic (exact) mass is 292 g/mol. The van der Waals surface area contributed by atoms with E-state index in [1.807, 2.05) is 0 Å². The van der Waals surface area contributed by atoms with Gasteiger partial charge in [-0.3, -0.25) is 0 Å². The molecule has 0 aliphatic carbocycles. The Labute approximate surface area is 109 Å². The van der Waals surface area contributed by atoms with Gasteiger partial charge < -0.3 is 0 Å². The van der Waals surface area contributed by atoms with Crippen molar-refractivity contribution in [3.8, 4) is 5.75 Å². The Morgan fingerprint density at radius 1 is 1.17 bits per heavy atom. The zero-order chi connectivity index (χ0) is 13.2. The van der Waals surface area contributed by atoms with Crippen molar-refractivity contribution >= 4 is 4.57 Å². The van der Waals surface area contributed by atoms with Crippen LogP contribution in [-0.4, -0.2) is 4.57 Å². The number of ether oxygens (including phenoxy) is 1. The summed E-state index contributed by atoms with van der Waals surface area (Å²) < 4.78 is 48.1. The van der Waals surface area contributed by atoms with Crippen LogP contribution in [0, 0.1) is 0 Å². The van der Waals surface area contributed by atoms with E-state index in [9.17, 15) is 13.2 Å². The summed E-state index contributed by atoms with van der Waals surface area (Å²) in [5, 5.41) is 0. The fourth-order valence-electron chi connectivity index (χ4n) is 1.29. The second kappa shape index (κ2) is 5.01. The summed E-state index contributed by atoms with van der Waals surface area (Å²) in [6.07, 6.45) is -2.94. The third-order valence-corrected chi connectivity index (χ3v) is 2.54. The Kier molecular flexibility index (Phi) is 3.60. The first-order chi connectivity index (χ1) is 8.47. The van der Waals surface area contributed by atoms with Gasteiger partial charge in [-0.2, -0.15) is 0 Å². The zero-order valence-corrected chi connectivity index (χ0v) is 10.2. The van der Waals surface area contributed by atoms with Gasteiger partial charge in [-0.15, -0.1) is 0 Å².